The second-order valence-corrected chi connectivity index (χ2v) is 7.14. The lowest BCUT2D eigenvalue weighted by atomic mass is 10.1. The van der Waals surface area contributed by atoms with Crippen LogP contribution in [0.25, 0.3) is 0 Å². The molecule has 6 heteroatoms. The highest BCUT2D eigenvalue weighted by molar-refractivity contribution is 6.30. The molecule has 5 nitrogen and oxygen atoms in total. The normalized spacial score (nSPS) is 14.8. The number of benzene rings is 2. The van der Waals surface area contributed by atoms with Crippen molar-refractivity contribution in [3.05, 3.63) is 65.2 Å². The van der Waals surface area contributed by atoms with Crippen molar-refractivity contribution in [2.45, 2.75) is 12.8 Å². The van der Waals surface area contributed by atoms with E-state index in [1.807, 2.05) is 59.5 Å². The van der Waals surface area contributed by atoms with E-state index in [4.69, 9.17) is 11.6 Å². The quantitative estimate of drug-likeness (QED) is 0.831. The van der Waals surface area contributed by atoms with E-state index in [-0.39, 0.29) is 11.8 Å². The van der Waals surface area contributed by atoms with Crippen molar-refractivity contribution in [2.75, 3.05) is 38.0 Å². The molecule has 1 heterocycles. The molecule has 0 aromatic heterocycles. The summed E-state index contributed by atoms with van der Waals surface area (Å²) < 4.78 is 0. The maximum Gasteiger partial charge on any atom is 0.238 e. The molecule has 2 amide bonds. The Morgan fingerprint density at radius 2 is 1.70 bits per heavy atom. The van der Waals surface area contributed by atoms with Crippen molar-refractivity contribution in [1.82, 2.24) is 9.80 Å². The molecule has 2 aromatic rings. The van der Waals surface area contributed by atoms with Crippen molar-refractivity contribution in [3.63, 3.8) is 0 Å². The van der Waals surface area contributed by atoms with Gasteiger partial charge in [-0.2, -0.15) is 0 Å². The Hall–Kier alpha value is -2.37. The van der Waals surface area contributed by atoms with Crippen molar-refractivity contribution in [1.29, 1.82) is 0 Å². The van der Waals surface area contributed by atoms with Gasteiger partial charge in [0.05, 0.1) is 6.54 Å². The van der Waals surface area contributed by atoms with Crippen LogP contribution in [0.15, 0.2) is 54.6 Å². The Morgan fingerprint density at radius 3 is 2.41 bits per heavy atom. The highest BCUT2D eigenvalue weighted by Gasteiger charge is 2.22. The lowest BCUT2D eigenvalue weighted by Gasteiger charge is -2.34. The van der Waals surface area contributed by atoms with Gasteiger partial charge in [-0.05, 0) is 36.2 Å². The van der Waals surface area contributed by atoms with Gasteiger partial charge in [-0.15, -0.1) is 0 Å². The molecule has 1 aliphatic rings. The Balaban J connectivity index is 1.39. The summed E-state index contributed by atoms with van der Waals surface area (Å²) in [4.78, 5) is 28.5. The maximum atomic E-state index is 12.4. The largest absolute Gasteiger partial charge is 0.340 e. The standard InChI is InChI=1S/C21H24ClN3O2/c22-18-6-4-5-17(15-18)9-10-21(27)25-13-11-24(12-14-25)16-20(26)23-19-7-2-1-3-8-19/h1-8,15H,9-14,16H2,(H,23,26). The topological polar surface area (TPSA) is 52.7 Å². The summed E-state index contributed by atoms with van der Waals surface area (Å²) in [5, 5.41) is 3.59. The molecular weight excluding hydrogens is 362 g/mol. The number of amides is 2. The van der Waals surface area contributed by atoms with E-state index in [2.05, 4.69) is 10.2 Å². The minimum atomic E-state index is -0.0260. The summed E-state index contributed by atoms with van der Waals surface area (Å²) >= 11 is 5.98. The van der Waals surface area contributed by atoms with Crippen molar-refractivity contribution >= 4 is 29.1 Å². The first-order valence-corrected chi connectivity index (χ1v) is 9.57. The van der Waals surface area contributed by atoms with Gasteiger partial charge in [-0.1, -0.05) is 41.9 Å². The van der Waals surface area contributed by atoms with E-state index in [9.17, 15) is 9.59 Å². The second kappa shape index (κ2) is 9.53. The van der Waals surface area contributed by atoms with Crippen molar-refractivity contribution < 1.29 is 9.59 Å². The molecule has 3 rings (SSSR count). The zero-order valence-electron chi connectivity index (χ0n) is 15.2. The first kappa shape index (κ1) is 19.4. The molecule has 0 spiro atoms. The fourth-order valence-corrected chi connectivity index (χ4v) is 3.40. The first-order chi connectivity index (χ1) is 13.1. The molecule has 0 unspecified atom stereocenters. The van der Waals surface area contributed by atoms with Gasteiger partial charge in [0.15, 0.2) is 0 Å². The predicted octanol–water partition coefficient (Wildman–Crippen LogP) is 3.06. The van der Waals surface area contributed by atoms with E-state index < -0.39 is 0 Å². The number of piperazine rings is 1. The summed E-state index contributed by atoms with van der Waals surface area (Å²) in [7, 11) is 0. The van der Waals surface area contributed by atoms with Gasteiger partial charge in [0, 0.05) is 43.3 Å². The average molecular weight is 386 g/mol. The Bertz CT molecular complexity index is 774. The Kier molecular flexibility index (Phi) is 6.85. The lowest BCUT2D eigenvalue weighted by molar-refractivity contribution is -0.133. The van der Waals surface area contributed by atoms with Crippen LogP contribution in [-0.4, -0.2) is 54.3 Å². The van der Waals surface area contributed by atoms with Crippen LogP contribution in [0.5, 0.6) is 0 Å². The van der Waals surface area contributed by atoms with Crippen LogP contribution in [-0.2, 0) is 16.0 Å². The summed E-state index contributed by atoms with van der Waals surface area (Å²) in [6, 6.07) is 17.1. The van der Waals surface area contributed by atoms with E-state index in [1.54, 1.807) is 0 Å². The molecule has 1 aliphatic heterocycles. The van der Waals surface area contributed by atoms with E-state index in [1.165, 1.54) is 0 Å². The minimum Gasteiger partial charge on any atom is -0.340 e. The van der Waals surface area contributed by atoms with Crippen LogP contribution in [0.1, 0.15) is 12.0 Å². The SMILES string of the molecule is O=C(CN1CCN(C(=O)CCc2cccc(Cl)c2)CC1)Nc1ccccc1. The number of carbonyl (C=O) groups is 2. The predicted molar refractivity (Wildman–Crippen MR) is 108 cm³/mol. The minimum absolute atomic E-state index is 0.0260. The van der Waals surface area contributed by atoms with Gasteiger partial charge in [-0.3, -0.25) is 14.5 Å². The summed E-state index contributed by atoms with van der Waals surface area (Å²) in [5.41, 5.74) is 1.88. The molecule has 27 heavy (non-hydrogen) atoms. The smallest absolute Gasteiger partial charge is 0.238 e. The number of anilines is 1. The third kappa shape index (κ3) is 6.08. The average Bonchev–Trinajstić information content (AvgIpc) is 2.67. The molecule has 2 aromatic carbocycles. The molecule has 1 fully saturated rings. The molecule has 142 valence electrons. The number of carbonyl (C=O) groups excluding carboxylic acids is 2. The van der Waals surface area contributed by atoms with Gasteiger partial charge < -0.3 is 10.2 Å². The first-order valence-electron chi connectivity index (χ1n) is 9.19. The highest BCUT2D eigenvalue weighted by atomic mass is 35.5. The third-order valence-corrected chi connectivity index (χ3v) is 4.90. The number of hydrogen-bond donors (Lipinski definition) is 1. The van der Waals surface area contributed by atoms with Crippen LogP contribution < -0.4 is 5.32 Å². The Labute approximate surface area is 164 Å². The summed E-state index contributed by atoms with van der Waals surface area (Å²) in [6.45, 7) is 3.09. The van der Waals surface area contributed by atoms with Crippen LogP contribution in [0.4, 0.5) is 5.69 Å². The zero-order valence-corrected chi connectivity index (χ0v) is 16.0. The van der Waals surface area contributed by atoms with E-state index in [0.717, 1.165) is 11.3 Å². The van der Waals surface area contributed by atoms with E-state index in [0.29, 0.717) is 50.6 Å². The molecule has 0 bridgehead atoms. The second-order valence-electron chi connectivity index (χ2n) is 6.70. The van der Waals surface area contributed by atoms with Crippen LogP contribution in [0.3, 0.4) is 0 Å². The fourth-order valence-electron chi connectivity index (χ4n) is 3.18. The van der Waals surface area contributed by atoms with Gasteiger partial charge in [0.25, 0.3) is 0 Å². The number of rotatable bonds is 6. The summed E-state index contributed by atoms with van der Waals surface area (Å²) in [5.74, 6) is 0.130. The number of nitrogens with zero attached hydrogens (tertiary/aromatic N) is 2. The maximum absolute atomic E-state index is 12.4. The lowest BCUT2D eigenvalue weighted by Crippen LogP contribution is -2.50. The molecule has 0 aliphatic carbocycles. The number of hydrogen-bond acceptors (Lipinski definition) is 3. The molecule has 0 saturated carbocycles. The molecular formula is C21H24ClN3O2. The molecule has 0 radical (unpaired) electrons. The van der Waals surface area contributed by atoms with Crippen molar-refractivity contribution in [3.8, 4) is 0 Å². The fraction of sp³-hybridized carbons (Fsp3) is 0.333. The van der Waals surface area contributed by atoms with Crippen molar-refractivity contribution in [2.24, 2.45) is 0 Å². The molecule has 0 atom stereocenters. The van der Waals surface area contributed by atoms with Crippen LogP contribution >= 0.6 is 11.6 Å². The van der Waals surface area contributed by atoms with Gasteiger partial charge in [-0.25, -0.2) is 0 Å². The van der Waals surface area contributed by atoms with E-state index >= 15 is 0 Å². The number of nitrogens with one attached hydrogen (secondary N) is 1. The molecule has 1 N–H and O–H groups in total. The van der Waals surface area contributed by atoms with Gasteiger partial charge >= 0.3 is 0 Å². The van der Waals surface area contributed by atoms with Crippen LogP contribution in [0.2, 0.25) is 5.02 Å². The van der Waals surface area contributed by atoms with Crippen LogP contribution in [0, 0.1) is 0 Å². The molecule has 1 saturated heterocycles. The number of halogens is 1. The monoisotopic (exact) mass is 385 g/mol. The highest BCUT2D eigenvalue weighted by Crippen LogP contribution is 2.13. The summed E-state index contributed by atoms with van der Waals surface area (Å²) in [6.07, 6.45) is 1.17. The van der Waals surface area contributed by atoms with Gasteiger partial charge in [0.1, 0.15) is 0 Å². The zero-order chi connectivity index (χ0) is 19.1. The number of aryl methyl sites for hydroxylation is 1. The Morgan fingerprint density at radius 1 is 0.963 bits per heavy atom. The third-order valence-electron chi connectivity index (χ3n) is 4.67. The van der Waals surface area contributed by atoms with Gasteiger partial charge in [0.2, 0.25) is 11.8 Å². The number of para-hydroxylation sites is 1.